The molecule has 0 radical (unpaired) electrons. The summed E-state index contributed by atoms with van der Waals surface area (Å²) in [6, 6.07) is -1.04. The Kier molecular flexibility index (Phi) is 10.1. The number of rotatable bonds is 5. The summed E-state index contributed by atoms with van der Waals surface area (Å²) < 4.78 is 4.70. The summed E-state index contributed by atoms with van der Waals surface area (Å²) in [4.78, 5) is 0. The van der Waals surface area contributed by atoms with Gasteiger partial charge in [0.1, 0.15) is 36.6 Å². The molecule has 11 N–H and O–H groups in total. The zero-order chi connectivity index (χ0) is 17.4. The van der Waals surface area contributed by atoms with Crippen LogP contribution in [0.3, 0.4) is 0 Å². The first-order valence-electron chi connectivity index (χ1n) is 6.53. The van der Waals surface area contributed by atoms with Crippen LogP contribution in [0.4, 0.5) is 0 Å². The van der Waals surface area contributed by atoms with Crippen LogP contribution in [0, 0.1) is 0 Å². The average Bonchev–Trinajstić information content (AvgIpc) is 2.54. The quantitative estimate of drug-likeness (QED) is 0.228. The Labute approximate surface area is 126 Å². The van der Waals surface area contributed by atoms with Gasteiger partial charge in [-0.15, -0.1) is 0 Å². The van der Waals surface area contributed by atoms with E-state index in [1.165, 1.54) is 0 Å². The van der Waals surface area contributed by atoms with Gasteiger partial charge in [0, 0.05) is 0 Å². The summed E-state index contributed by atoms with van der Waals surface area (Å²) in [5.74, 6) is 0. The second kappa shape index (κ2) is 10.4. The lowest BCUT2D eigenvalue weighted by atomic mass is 9.98. The Morgan fingerprint density at radius 2 is 1.32 bits per heavy atom. The highest BCUT2D eigenvalue weighted by Gasteiger charge is 2.41. The lowest BCUT2D eigenvalue weighted by molar-refractivity contribution is -0.248. The lowest BCUT2D eigenvalue weighted by Gasteiger charge is -2.38. The Morgan fingerprint density at radius 3 is 1.68 bits per heavy atom. The zero-order valence-corrected chi connectivity index (χ0v) is 11.8. The monoisotopic (exact) mass is 331 g/mol. The van der Waals surface area contributed by atoms with Crippen molar-refractivity contribution in [1.29, 1.82) is 0 Å². The maximum Gasteiger partial charge on any atom is 0.173 e. The van der Waals surface area contributed by atoms with Crippen molar-refractivity contribution in [3.63, 3.8) is 0 Å². The summed E-state index contributed by atoms with van der Waals surface area (Å²) in [7, 11) is 0. The summed E-state index contributed by atoms with van der Waals surface area (Å²) >= 11 is 0. The Hall–Kier alpha value is -0.440. The van der Waals surface area contributed by atoms with E-state index >= 15 is 0 Å². The molecular formula is C11H25NO10. The second-order valence-corrected chi connectivity index (χ2v) is 4.80. The van der Waals surface area contributed by atoms with Gasteiger partial charge in [0.15, 0.2) is 6.29 Å². The van der Waals surface area contributed by atoms with Crippen molar-refractivity contribution in [1.82, 2.24) is 0 Å². The molecule has 1 aliphatic heterocycles. The van der Waals surface area contributed by atoms with E-state index in [1.807, 2.05) is 0 Å². The summed E-state index contributed by atoms with van der Waals surface area (Å²) in [5.41, 5.74) is 5.26. The molecule has 0 aromatic carbocycles. The van der Waals surface area contributed by atoms with Crippen molar-refractivity contribution < 1.29 is 50.7 Å². The van der Waals surface area contributed by atoms with Crippen molar-refractivity contribution >= 4 is 0 Å². The van der Waals surface area contributed by atoms with Crippen LogP contribution in [0.15, 0.2) is 0 Å². The molecule has 11 nitrogen and oxygen atoms in total. The molecule has 0 unspecified atom stereocenters. The van der Waals surface area contributed by atoms with Gasteiger partial charge in [-0.3, -0.25) is 0 Å². The van der Waals surface area contributed by atoms with E-state index in [0.717, 1.165) is 0 Å². The van der Waals surface area contributed by atoms with E-state index in [9.17, 15) is 10.2 Å². The first-order chi connectivity index (χ1) is 10.2. The fraction of sp³-hybridized carbons (Fsp3) is 1.00. The molecule has 0 aromatic rings. The minimum absolute atomic E-state index is 0.470. The highest BCUT2D eigenvalue weighted by atomic mass is 16.6. The van der Waals surface area contributed by atoms with E-state index in [-0.39, 0.29) is 0 Å². The van der Waals surface area contributed by atoms with Crippen LogP contribution in [0.2, 0.25) is 0 Å². The number of aliphatic hydroxyl groups is 9. The molecule has 1 fully saturated rings. The van der Waals surface area contributed by atoms with E-state index in [0.29, 0.717) is 0 Å². The van der Waals surface area contributed by atoms with Gasteiger partial charge >= 0.3 is 0 Å². The van der Waals surface area contributed by atoms with Gasteiger partial charge in [-0.05, 0) is 0 Å². The molecule has 0 saturated carbocycles. The lowest BCUT2D eigenvalue weighted by Crippen LogP contribution is -2.61. The standard InChI is InChI=1S/C6H13NO5.C5H12O5/c7-3-5(10)4(9)2(1-8)12-6(3)11;6-1-3(8)5(10)4(9)2-7/h2-6,8-11H,1,7H2;3-10H,1-2H2/t2-,3-,4-,5-,6-;3-,4+,5+/m1./s1. The molecule has 0 aromatic heterocycles. The van der Waals surface area contributed by atoms with Gasteiger partial charge in [0.25, 0.3) is 0 Å². The maximum atomic E-state index is 9.20. The highest BCUT2D eigenvalue weighted by Crippen LogP contribution is 2.17. The van der Waals surface area contributed by atoms with Crippen LogP contribution >= 0.6 is 0 Å². The number of hydrogen-bond donors (Lipinski definition) is 10. The fourth-order valence-electron chi connectivity index (χ4n) is 1.59. The summed E-state index contributed by atoms with van der Waals surface area (Å²) in [6.45, 7) is -1.75. The van der Waals surface area contributed by atoms with Gasteiger partial charge < -0.3 is 56.4 Å². The maximum absolute atomic E-state index is 9.20. The van der Waals surface area contributed by atoms with Crippen molar-refractivity contribution in [2.24, 2.45) is 5.73 Å². The molecule has 22 heavy (non-hydrogen) atoms. The van der Waals surface area contributed by atoms with E-state index in [4.69, 9.17) is 46.2 Å². The van der Waals surface area contributed by atoms with Crippen LogP contribution in [0.25, 0.3) is 0 Å². The third kappa shape index (κ3) is 5.98. The van der Waals surface area contributed by atoms with Gasteiger partial charge in [-0.2, -0.15) is 0 Å². The fourth-order valence-corrected chi connectivity index (χ4v) is 1.59. The van der Waals surface area contributed by atoms with Gasteiger partial charge in [0.05, 0.1) is 25.9 Å². The number of hydrogen-bond acceptors (Lipinski definition) is 11. The first kappa shape index (κ1) is 21.6. The third-order valence-corrected chi connectivity index (χ3v) is 3.11. The molecule has 0 aliphatic carbocycles. The topological polar surface area (TPSA) is 217 Å². The first-order valence-corrected chi connectivity index (χ1v) is 6.53. The summed E-state index contributed by atoms with van der Waals surface area (Å²) in [6.07, 6.45) is -9.14. The van der Waals surface area contributed by atoms with Crippen LogP contribution in [0.5, 0.6) is 0 Å². The molecule has 1 saturated heterocycles. The number of aliphatic hydroxyl groups excluding tert-OH is 9. The Bertz CT molecular complexity index is 281. The molecule has 1 heterocycles. The van der Waals surface area contributed by atoms with Crippen molar-refractivity contribution in [2.45, 2.75) is 49.0 Å². The molecule has 0 bridgehead atoms. The Morgan fingerprint density at radius 1 is 0.864 bits per heavy atom. The number of ether oxygens (including phenoxy) is 1. The van der Waals surface area contributed by atoms with Crippen molar-refractivity contribution in [3.8, 4) is 0 Å². The second-order valence-electron chi connectivity index (χ2n) is 4.80. The van der Waals surface area contributed by atoms with Crippen LogP contribution in [-0.2, 0) is 4.74 Å². The zero-order valence-electron chi connectivity index (χ0n) is 11.8. The van der Waals surface area contributed by atoms with Gasteiger partial charge in [-0.25, -0.2) is 0 Å². The molecule has 134 valence electrons. The predicted molar refractivity (Wildman–Crippen MR) is 70.1 cm³/mol. The van der Waals surface area contributed by atoms with Crippen LogP contribution in [0.1, 0.15) is 0 Å². The van der Waals surface area contributed by atoms with E-state index in [1.54, 1.807) is 0 Å². The van der Waals surface area contributed by atoms with Crippen LogP contribution in [-0.4, -0.2) is 115 Å². The normalized spacial score (nSPS) is 36.0. The molecule has 1 rings (SSSR count). The van der Waals surface area contributed by atoms with E-state index in [2.05, 4.69) is 0 Å². The smallest absolute Gasteiger partial charge is 0.173 e. The SMILES string of the molecule is N[C@@H]1[C@@H](O)[C@H](O)[C@@H](CO)O[C@H]1O.OC[C@@H](O)[C@H](O)[C@@H](O)CO. The van der Waals surface area contributed by atoms with Crippen molar-refractivity contribution in [2.75, 3.05) is 19.8 Å². The molecule has 0 amide bonds. The van der Waals surface area contributed by atoms with Gasteiger partial charge in [0.2, 0.25) is 0 Å². The summed E-state index contributed by atoms with van der Waals surface area (Å²) in [5, 5.41) is 78.6. The average molecular weight is 331 g/mol. The third-order valence-electron chi connectivity index (χ3n) is 3.11. The molecule has 8 atom stereocenters. The highest BCUT2D eigenvalue weighted by molar-refractivity contribution is 4.90. The number of nitrogens with two attached hydrogens (primary N) is 1. The molecular weight excluding hydrogens is 306 g/mol. The minimum Gasteiger partial charge on any atom is -0.394 e. The molecule has 11 heteroatoms. The largest absolute Gasteiger partial charge is 0.394 e. The molecule has 1 aliphatic rings. The predicted octanol–water partition coefficient (Wildman–Crippen LogP) is -6.20. The van der Waals surface area contributed by atoms with Gasteiger partial charge in [-0.1, -0.05) is 0 Å². The van der Waals surface area contributed by atoms with E-state index < -0.39 is 68.8 Å². The molecule has 0 spiro atoms. The van der Waals surface area contributed by atoms with Crippen molar-refractivity contribution in [3.05, 3.63) is 0 Å². The Balaban J connectivity index is 0.000000409. The van der Waals surface area contributed by atoms with Crippen LogP contribution < -0.4 is 5.73 Å². The minimum atomic E-state index is -1.49.